The van der Waals surface area contributed by atoms with Crippen molar-refractivity contribution in [1.82, 2.24) is 29.7 Å². The highest BCUT2D eigenvalue weighted by Crippen LogP contribution is 2.20. The lowest BCUT2D eigenvalue weighted by molar-refractivity contribution is -0.138. The van der Waals surface area contributed by atoms with Crippen molar-refractivity contribution in [3.63, 3.8) is 0 Å². The van der Waals surface area contributed by atoms with Crippen LogP contribution in [0.2, 0.25) is 0 Å². The van der Waals surface area contributed by atoms with Gasteiger partial charge in [0, 0.05) is 25.5 Å². The molecule has 104 valence electrons. The van der Waals surface area contributed by atoms with Gasteiger partial charge in [0.2, 0.25) is 5.91 Å². The highest BCUT2D eigenvalue weighted by Gasteiger charge is 2.33. The van der Waals surface area contributed by atoms with Crippen LogP contribution in [0.1, 0.15) is 16.5 Å². The summed E-state index contributed by atoms with van der Waals surface area (Å²) in [5.41, 5.74) is -0.0914. The Hall–Kier alpha value is -2.71. The molecule has 9 heteroatoms. The highest BCUT2D eigenvalue weighted by atomic mass is 16.4. The van der Waals surface area contributed by atoms with E-state index in [2.05, 4.69) is 15.4 Å². The van der Waals surface area contributed by atoms with E-state index in [9.17, 15) is 9.59 Å². The third-order valence-corrected chi connectivity index (χ3v) is 3.17. The van der Waals surface area contributed by atoms with Crippen LogP contribution >= 0.6 is 0 Å². The number of carbonyl (C=O) groups is 2. The van der Waals surface area contributed by atoms with Crippen molar-refractivity contribution in [2.45, 2.75) is 12.6 Å². The molecule has 0 saturated carbocycles. The van der Waals surface area contributed by atoms with Gasteiger partial charge in [-0.15, -0.1) is 5.10 Å². The molecule has 0 unspecified atom stereocenters. The van der Waals surface area contributed by atoms with Gasteiger partial charge in [0.25, 0.3) is 0 Å². The van der Waals surface area contributed by atoms with Crippen LogP contribution in [0.5, 0.6) is 0 Å². The predicted octanol–water partition coefficient (Wildman–Crippen LogP) is -0.744. The van der Waals surface area contributed by atoms with E-state index in [4.69, 9.17) is 5.11 Å². The van der Waals surface area contributed by atoms with Gasteiger partial charge in [0.1, 0.15) is 6.54 Å². The van der Waals surface area contributed by atoms with E-state index in [1.54, 1.807) is 28.0 Å². The molecule has 0 bridgehead atoms. The molecule has 1 aliphatic rings. The van der Waals surface area contributed by atoms with Gasteiger partial charge in [-0.3, -0.25) is 9.48 Å². The summed E-state index contributed by atoms with van der Waals surface area (Å²) in [7, 11) is 0. The third kappa shape index (κ3) is 2.25. The molecule has 3 rings (SSSR count). The number of carboxylic acid groups (broad SMARTS) is 1. The summed E-state index contributed by atoms with van der Waals surface area (Å²) in [6.45, 7) is 1.21. The Balaban J connectivity index is 1.55. The minimum Gasteiger partial charge on any atom is -0.476 e. The fourth-order valence-corrected chi connectivity index (χ4v) is 2.01. The summed E-state index contributed by atoms with van der Waals surface area (Å²) in [5.74, 6) is -1.13. The van der Waals surface area contributed by atoms with Crippen LogP contribution in [0, 0.1) is 0 Å². The number of carboxylic acids is 1. The maximum atomic E-state index is 11.9. The normalized spacial score (nSPS) is 15.1. The van der Waals surface area contributed by atoms with Crippen LogP contribution in [-0.4, -0.2) is 59.7 Å². The maximum absolute atomic E-state index is 11.9. The molecule has 3 heterocycles. The average Bonchev–Trinajstić information content (AvgIpc) is 2.97. The Morgan fingerprint density at radius 3 is 2.80 bits per heavy atom. The quantitative estimate of drug-likeness (QED) is 0.788. The maximum Gasteiger partial charge on any atom is 0.358 e. The summed E-state index contributed by atoms with van der Waals surface area (Å²) >= 11 is 0. The van der Waals surface area contributed by atoms with Gasteiger partial charge < -0.3 is 10.0 Å². The number of carbonyl (C=O) groups excluding carboxylic acids is 1. The van der Waals surface area contributed by atoms with Crippen molar-refractivity contribution in [3.05, 3.63) is 30.4 Å². The molecule has 1 amide bonds. The molecule has 0 atom stereocenters. The van der Waals surface area contributed by atoms with E-state index in [1.807, 2.05) is 0 Å². The lowest BCUT2D eigenvalue weighted by atomic mass is 10.1. The molecule has 0 aromatic carbocycles. The monoisotopic (exact) mass is 276 g/mol. The van der Waals surface area contributed by atoms with Gasteiger partial charge in [0.05, 0.1) is 12.2 Å². The van der Waals surface area contributed by atoms with Gasteiger partial charge in [-0.05, 0) is 6.07 Å². The minimum absolute atomic E-state index is 0.0165. The summed E-state index contributed by atoms with van der Waals surface area (Å²) < 4.78 is 3.05. The van der Waals surface area contributed by atoms with Gasteiger partial charge in [-0.2, -0.15) is 5.10 Å². The van der Waals surface area contributed by atoms with Crippen molar-refractivity contribution in [1.29, 1.82) is 0 Å². The molecule has 0 spiro atoms. The molecular formula is C11H12N6O3. The molecule has 20 heavy (non-hydrogen) atoms. The first-order valence-corrected chi connectivity index (χ1v) is 6.04. The number of nitrogens with zero attached hydrogens (tertiary/aromatic N) is 6. The summed E-state index contributed by atoms with van der Waals surface area (Å²) in [6, 6.07) is 1.74. The topological polar surface area (TPSA) is 106 Å². The first-order valence-electron chi connectivity index (χ1n) is 6.04. The molecule has 1 N–H and O–H groups in total. The van der Waals surface area contributed by atoms with Gasteiger partial charge in [-0.25, -0.2) is 9.48 Å². The zero-order valence-corrected chi connectivity index (χ0v) is 10.5. The summed E-state index contributed by atoms with van der Waals surface area (Å²) in [4.78, 5) is 24.3. The fraction of sp³-hybridized carbons (Fsp3) is 0.364. The van der Waals surface area contributed by atoms with Gasteiger partial charge >= 0.3 is 5.97 Å². The molecule has 1 aliphatic heterocycles. The van der Waals surface area contributed by atoms with Crippen LogP contribution in [-0.2, 0) is 11.3 Å². The zero-order chi connectivity index (χ0) is 14.1. The first-order chi connectivity index (χ1) is 9.63. The van der Waals surface area contributed by atoms with Gasteiger partial charge in [0.15, 0.2) is 5.69 Å². The molecule has 2 aromatic rings. The summed E-state index contributed by atoms with van der Waals surface area (Å²) in [6.07, 6.45) is 4.73. The van der Waals surface area contributed by atoms with Crippen molar-refractivity contribution < 1.29 is 14.7 Å². The van der Waals surface area contributed by atoms with E-state index in [0.717, 1.165) is 0 Å². The Kier molecular flexibility index (Phi) is 2.93. The number of rotatable bonds is 4. The third-order valence-electron chi connectivity index (χ3n) is 3.17. The number of aromatic nitrogens is 5. The molecule has 0 aliphatic carbocycles. The molecule has 2 aromatic heterocycles. The number of hydrogen-bond acceptors (Lipinski definition) is 5. The molecule has 9 nitrogen and oxygen atoms in total. The van der Waals surface area contributed by atoms with Gasteiger partial charge in [-0.1, -0.05) is 5.21 Å². The summed E-state index contributed by atoms with van der Waals surface area (Å²) in [5, 5.41) is 20.0. The second-order valence-electron chi connectivity index (χ2n) is 4.55. The Bertz CT molecular complexity index is 628. The zero-order valence-electron chi connectivity index (χ0n) is 10.5. The fourth-order valence-electron chi connectivity index (χ4n) is 2.01. The number of likely N-dealkylation sites (tertiary alicyclic amines) is 1. The number of aromatic carboxylic acids is 1. The minimum atomic E-state index is -1.11. The van der Waals surface area contributed by atoms with E-state index in [0.29, 0.717) is 13.1 Å². The van der Waals surface area contributed by atoms with E-state index < -0.39 is 5.97 Å². The Morgan fingerprint density at radius 2 is 2.20 bits per heavy atom. The second kappa shape index (κ2) is 4.76. The van der Waals surface area contributed by atoms with Crippen LogP contribution in [0.25, 0.3) is 0 Å². The second-order valence-corrected chi connectivity index (χ2v) is 4.55. The van der Waals surface area contributed by atoms with Crippen molar-refractivity contribution >= 4 is 11.9 Å². The molecule has 1 saturated heterocycles. The van der Waals surface area contributed by atoms with Crippen LogP contribution in [0.4, 0.5) is 0 Å². The lowest BCUT2D eigenvalue weighted by Crippen LogP contribution is -2.51. The largest absolute Gasteiger partial charge is 0.476 e. The molecular weight excluding hydrogens is 264 g/mol. The molecule has 1 fully saturated rings. The SMILES string of the molecule is O=C(O)c1cn(C2CN(C(=O)Cn3cccn3)C2)nn1. The predicted molar refractivity (Wildman–Crippen MR) is 64.8 cm³/mol. The van der Waals surface area contributed by atoms with E-state index in [1.165, 1.54) is 10.9 Å². The van der Waals surface area contributed by atoms with Crippen molar-refractivity contribution in [2.75, 3.05) is 13.1 Å². The van der Waals surface area contributed by atoms with Crippen molar-refractivity contribution in [2.24, 2.45) is 0 Å². The van der Waals surface area contributed by atoms with E-state index in [-0.39, 0.29) is 24.2 Å². The first kappa shape index (κ1) is 12.3. The smallest absolute Gasteiger partial charge is 0.358 e. The van der Waals surface area contributed by atoms with Crippen LogP contribution < -0.4 is 0 Å². The van der Waals surface area contributed by atoms with E-state index >= 15 is 0 Å². The Labute approximate surface area is 113 Å². The standard InChI is InChI=1S/C11H12N6O3/c18-10(7-16-3-1-2-12-16)15-4-8(5-15)17-6-9(11(19)20)13-14-17/h1-3,6,8H,4-5,7H2,(H,19,20). The number of hydrogen-bond donors (Lipinski definition) is 1. The van der Waals surface area contributed by atoms with Crippen LogP contribution in [0.3, 0.4) is 0 Å². The van der Waals surface area contributed by atoms with Crippen LogP contribution in [0.15, 0.2) is 24.7 Å². The lowest BCUT2D eigenvalue weighted by Gasteiger charge is -2.38. The average molecular weight is 276 g/mol. The Morgan fingerprint density at radius 1 is 1.40 bits per heavy atom. The highest BCUT2D eigenvalue weighted by molar-refractivity contribution is 5.84. The molecule has 0 radical (unpaired) electrons. The number of amides is 1. The van der Waals surface area contributed by atoms with Crippen molar-refractivity contribution in [3.8, 4) is 0 Å².